The van der Waals surface area contributed by atoms with Crippen molar-refractivity contribution < 1.29 is 4.79 Å². The van der Waals surface area contributed by atoms with Gasteiger partial charge in [0.05, 0.1) is 4.88 Å². The lowest BCUT2D eigenvalue weighted by Gasteiger charge is -2.07. The van der Waals surface area contributed by atoms with Crippen LogP contribution in [0.3, 0.4) is 0 Å². The third-order valence-electron chi connectivity index (χ3n) is 4.10. The van der Waals surface area contributed by atoms with E-state index in [-0.39, 0.29) is 5.91 Å². The van der Waals surface area contributed by atoms with Crippen LogP contribution >= 0.6 is 11.3 Å². The molecule has 0 saturated carbocycles. The summed E-state index contributed by atoms with van der Waals surface area (Å²) < 4.78 is 1.35. The molecule has 0 saturated heterocycles. The number of nitrogens with zero attached hydrogens (tertiary/aromatic N) is 3. The number of hydrogen-bond donors (Lipinski definition) is 1. The third kappa shape index (κ3) is 3.80. The molecule has 0 radical (unpaired) electrons. The molecule has 1 N–H and O–H groups in total. The summed E-state index contributed by atoms with van der Waals surface area (Å²) in [7, 11) is 0. The lowest BCUT2D eigenvalue weighted by Crippen LogP contribution is -2.17. The molecular formula is C21H18N4OS. The monoisotopic (exact) mass is 374 g/mol. The number of hydrogen-bond acceptors (Lipinski definition) is 5. The molecular weight excluding hydrogens is 356 g/mol. The highest BCUT2D eigenvalue weighted by molar-refractivity contribution is 7.13. The smallest absolute Gasteiger partial charge is 0.281 e. The van der Waals surface area contributed by atoms with Crippen molar-refractivity contribution >= 4 is 23.2 Å². The Balaban J connectivity index is 1.69. The number of aromatic nitrogens is 3. The van der Waals surface area contributed by atoms with Crippen molar-refractivity contribution in [2.45, 2.75) is 13.5 Å². The van der Waals surface area contributed by atoms with Crippen LogP contribution in [0.2, 0.25) is 0 Å². The molecule has 0 aliphatic carbocycles. The van der Waals surface area contributed by atoms with Gasteiger partial charge in [0.15, 0.2) is 5.82 Å². The molecule has 4 aromatic rings. The number of benzene rings is 2. The zero-order valence-electron chi connectivity index (χ0n) is 14.8. The van der Waals surface area contributed by atoms with Gasteiger partial charge in [-0.05, 0) is 36.1 Å². The predicted octanol–water partition coefficient (Wildman–Crippen LogP) is 4.62. The summed E-state index contributed by atoms with van der Waals surface area (Å²) in [5.74, 6) is 0.778. The molecule has 0 atom stereocenters. The van der Waals surface area contributed by atoms with E-state index in [1.165, 1.54) is 4.68 Å². The fourth-order valence-electron chi connectivity index (χ4n) is 2.76. The van der Waals surface area contributed by atoms with Gasteiger partial charge in [-0.3, -0.25) is 4.79 Å². The first kappa shape index (κ1) is 17.2. The van der Waals surface area contributed by atoms with E-state index in [1.54, 1.807) is 17.4 Å². The van der Waals surface area contributed by atoms with Crippen molar-refractivity contribution in [3.8, 4) is 10.7 Å². The van der Waals surface area contributed by atoms with Crippen LogP contribution in [0.25, 0.3) is 10.7 Å². The Morgan fingerprint density at radius 1 is 1.07 bits per heavy atom. The molecule has 0 fully saturated rings. The number of aryl methyl sites for hydroxylation is 1. The Morgan fingerprint density at radius 3 is 2.67 bits per heavy atom. The van der Waals surface area contributed by atoms with E-state index in [4.69, 9.17) is 0 Å². The molecule has 2 aromatic carbocycles. The zero-order valence-corrected chi connectivity index (χ0v) is 15.6. The Labute approximate surface area is 161 Å². The highest BCUT2D eigenvalue weighted by Crippen LogP contribution is 2.23. The summed E-state index contributed by atoms with van der Waals surface area (Å²) in [5, 5.41) is 9.69. The number of carbonyl (C=O) groups excluding carboxylic acids is 1. The first-order valence-corrected chi connectivity index (χ1v) is 9.49. The number of anilines is 1. The topological polar surface area (TPSA) is 59.8 Å². The van der Waals surface area contributed by atoms with Crippen molar-refractivity contribution in [1.29, 1.82) is 0 Å². The first-order valence-electron chi connectivity index (χ1n) is 8.61. The van der Waals surface area contributed by atoms with Crippen molar-refractivity contribution in [2.75, 3.05) is 5.32 Å². The normalized spacial score (nSPS) is 10.7. The minimum Gasteiger partial charge on any atom is -0.350 e. The van der Waals surface area contributed by atoms with E-state index in [0.717, 1.165) is 16.0 Å². The Bertz CT molecular complexity index is 1060. The standard InChI is InChI=1S/C21H18N4OS/c1-15-7-5-10-17(13-15)20(26)25-21(22-14-16-8-3-2-4-9-16)23-19(24-25)18-11-6-12-27-18/h2-13H,14H2,1H3,(H,22,23,24). The van der Waals surface area contributed by atoms with E-state index in [2.05, 4.69) is 15.4 Å². The second kappa shape index (κ2) is 7.55. The number of rotatable bonds is 5. The van der Waals surface area contributed by atoms with Gasteiger partial charge in [-0.2, -0.15) is 9.67 Å². The van der Waals surface area contributed by atoms with Crippen molar-refractivity contribution in [3.05, 3.63) is 88.8 Å². The van der Waals surface area contributed by atoms with Crippen LogP contribution in [0.4, 0.5) is 5.95 Å². The molecule has 0 aliphatic rings. The highest BCUT2D eigenvalue weighted by atomic mass is 32.1. The van der Waals surface area contributed by atoms with Gasteiger partial charge < -0.3 is 5.32 Å². The van der Waals surface area contributed by atoms with Crippen LogP contribution in [-0.2, 0) is 6.54 Å². The van der Waals surface area contributed by atoms with Crippen LogP contribution in [0.15, 0.2) is 72.1 Å². The summed E-state index contributed by atoms with van der Waals surface area (Å²) in [5.41, 5.74) is 2.71. The van der Waals surface area contributed by atoms with E-state index < -0.39 is 0 Å². The van der Waals surface area contributed by atoms with Gasteiger partial charge in [-0.1, -0.05) is 54.1 Å². The van der Waals surface area contributed by atoms with Crippen LogP contribution in [0, 0.1) is 6.92 Å². The van der Waals surface area contributed by atoms with E-state index in [0.29, 0.717) is 23.9 Å². The Morgan fingerprint density at radius 2 is 1.93 bits per heavy atom. The summed E-state index contributed by atoms with van der Waals surface area (Å²) in [6.07, 6.45) is 0. The molecule has 2 aromatic heterocycles. The molecule has 134 valence electrons. The lowest BCUT2D eigenvalue weighted by atomic mass is 10.1. The quantitative estimate of drug-likeness (QED) is 0.554. The SMILES string of the molecule is Cc1cccc(C(=O)n2nc(-c3cccs3)nc2NCc2ccccc2)c1. The van der Waals surface area contributed by atoms with Crippen molar-refractivity contribution in [3.63, 3.8) is 0 Å². The third-order valence-corrected chi connectivity index (χ3v) is 4.97. The largest absolute Gasteiger partial charge is 0.350 e. The van der Waals surface area contributed by atoms with Gasteiger partial charge in [-0.15, -0.1) is 16.4 Å². The number of carbonyl (C=O) groups is 1. The van der Waals surface area contributed by atoms with E-state index in [1.807, 2.05) is 73.0 Å². The maximum Gasteiger partial charge on any atom is 0.281 e. The number of thiophene rings is 1. The molecule has 2 heterocycles. The second-order valence-corrected chi connectivity index (χ2v) is 7.11. The Hall–Kier alpha value is -3.25. The fourth-order valence-corrected chi connectivity index (χ4v) is 3.41. The van der Waals surface area contributed by atoms with Crippen molar-refractivity contribution in [2.24, 2.45) is 0 Å². The van der Waals surface area contributed by atoms with Gasteiger partial charge in [0.1, 0.15) is 0 Å². The van der Waals surface area contributed by atoms with Gasteiger partial charge >= 0.3 is 0 Å². The van der Waals surface area contributed by atoms with Gasteiger partial charge in [0.2, 0.25) is 5.95 Å². The van der Waals surface area contributed by atoms with Crippen LogP contribution in [-0.4, -0.2) is 20.7 Å². The number of nitrogens with one attached hydrogen (secondary N) is 1. The van der Waals surface area contributed by atoms with Gasteiger partial charge in [0.25, 0.3) is 5.91 Å². The molecule has 5 nitrogen and oxygen atoms in total. The molecule has 6 heteroatoms. The molecule has 4 rings (SSSR count). The Kier molecular flexibility index (Phi) is 4.80. The average molecular weight is 374 g/mol. The average Bonchev–Trinajstić information content (AvgIpc) is 3.36. The zero-order chi connectivity index (χ0) is 18.6. The predicted molar refractivity (Wildman–Crippen MR) is 108 cm³/mol. The maximum atomic E-state index is 13.0. The summed E-state index contributed by atoms with van der Waals surface area (Å²) >= 11 is 1.55. The molecule has 0 spiro atoms. The van der Waals surface area contributed by atoms with Gasteiger partial charge in [-0.25, -0.2) is 0 Å². The first-order chi connectivity index (χ1) is 13.2. The van der Waals surface area contributed by atoms with Crippen LogP contribution < -0.4 is 5.32 Å². The van der Waals surface area contributed by atoms with Crippen molar-refractivity contribution in [1.82, 2.24) is 14.8 Å². The van der Waals surface area contributed by atoms with Crippen LogP contribution in [0.1, 0.15) is 21.5 Å². The maximum absolute atomic E-state index is 13.0. The summed E-state index contributed by atoms with van der Waals surface area (Å²) in [4.78, 5) is 18.5. The van der Waals surface area contributed by atoms with E-state index >= 15 is 0 Å². The summed E-state index contributed by atoms with van der Waals surface area (Å²) in [6, 6.07) is 21.4. The minimum absolute atomic E-state index is 0.204. The summed E-state index contributed by atoms with van der Waals surface area (Å²) in [6.45, 7) is 2.52. The molecule has 0 aliphatic heterocycles. The van der Waals surface area contributed by atoms with Gasteiger partial charge in [0, 0.05) is 12.1 Å². The fraction of sp³-hybridized carbons (Fsp3) is 0.0952. The lowest BCUT2D eigenvalue weighted by molar-refractivity contribution is 0.0947. The highest BCUT2D eigenvalue weighted by Gasteiger charge is 2.19. The van der Waals surface area contributed by atoms with E-state index in [9.17, 15) is 4.79 Å². The molecule has 0 unspecified atom stereocenters. The minimum atomic E-state index is -0.204. The second-order valence-electron chi connectivity index (χ2n) is 6.16. The van der Waals surface area contributed by atoms with Crippen LogP contribution in [0.5, 0.6) is 0 Å². The molecule has 0 bridgehead atoms. The molecule has 27 heavy (non-hydrogen) atoms. The molecule has 0 amide bonds.